The number of nitrogens with zero attached hydrogens (tertiary/aromatic N) is 3. The summed E-state index contributed by atoms with van der Waals surface area (Å²) in [4.78, 5) is 34.1. The van der Waals surface area contributed by atoms with Gasteiger partial charge in [-0.2, -0.15) is 0 Å². The average Bonchev–Trinajstić information content (AvgIpc) is 3.32. The van der Waals surface area contributed by atoms with Crippen LogP contribution < -0.4 is 10.9 Å². The fourth-order valence-corrected chi connectivity index (χ4v) is 4.21. The summed E-state index contributed by atoms with van der Waals surface area (Å²) in [5, 5.41) is 7.63. The standard InChI is InChI=1S/C19H16N4O2S2/c1-12-2-4-13(5-3-12)14-10-27-17-16(14)18(25)23(11-21-17)8-6-15(24)22-19-20-7-9-26-19/h2-5,7,9-11H,6,8H2,1H3,(H,20,22,24). The number of fused-ring (bicyclic) bond motifs is 1. The first-order chi connectivity index (χ1) is 13.1. The Kier molecular flexibility index (Phi) is 4.83. The first kappa shape index (κ1) is 17.6. The second-order valence-electron chi connectivity index (χ2n) is 6.07. The van der Waals surface area contributed by atoms with Crippen LogP contribution in [0.2, 0.25) is 0 Å². The molecule has 0 fully saturated rings. The first-order valence-corrected chi connectivity index (χ1v) is 10.1. The van der Waals surface area contributed by atoms with E-state index < -0.39 is 0 Å². The van der Waals surface area contributed by atoms with Gasteiger partial charge in [-0.25, -0.2) is 9.97 Å². The van der Waals surface area contributed by atoms with Gasteiger partial charge in [0.2, 0.25) is 5.91 Å². The van der Waals surface area contributed by atoms with Gasteiger partial charge in [-0.05, 0) is 12.5 Å². The molecule has 0 aliphatic carbocycles. The molecule has 1 N–H and O–H groups in total. The molecule has 0 saturated carbocycles. The largest absolute Gasteiger partial charge is 0.302 e. The van der Waals surface area contributed by atoms with Crippen molar-refractivity contribution in [2.75, 3.05) is 5.32 Å². The molecule has 4 aromatic rings. The molecule has 27 heavy (non-hydrogen) atoms. The molecular formula is C19H16N4O2S2. The van der Waals surface area contributed by atoms with Gasteiger partial charge in [0.25, 0.3) is 5.56 Å². The molecule has 6 nitrogen and oxygen atoms in total. The lowest BCUT2D eigenvalue weighted by Crippen LogP contribution is -2.23. The van der Waals surface area contributed by atoms with Crippen LogP contribution >= 0.6 is 22.7 Å². The molecular weight excluding hydrogens is 380 g/mol. The van der Waals surface area contributed by atoms with E-state index in [9.17, 15) is 9.59 Å². The predicted octanol–water partition coefficient (Wildman–Crippen LogP) is 3.92. The van der Waals surface area contributed by atoms with E-state index in [0.717, 1.165) is 11.1 Å². The minimum absolute atomic E-state index is 0.126. The maximum Gasteiger partial charge on any atom is 0.262 e. The van der Waals surface area contributed by atoms with Gasteiger partial charge >= 0.3 is 0 Å². The lowest BCUT2D eigenvalue weighted by Gasteiger charge is -2.06. The van der Waals surface area contributed by atoms with Gasteiger partial charge < -0.3 is 5.32 Å². The van der Waals surface area contributed by atoms with Crippen molar-refractivity contribution in [3.63, 3.8) is 0 Å². The highest BCUT2D eigenvalue weighted by molar-refractivity contribution is 7.17. The molecule has 0 spiro atoms. The monoisotopic (exact) mass is 396 g/mol. The van der Waals surface area contributed by atoms with E-state index in [4.69, 9.17) is 0 Å². The molecule has 136 valence electrons. The number of rotatable bonds is 5. The Hall–Kier alpha value is -2.84. The molecule has 3 heterocycles. The maximum absolute atomic E-state index is 13.0. The van der Waals surface area contributed by atoms with Crippen molar-refractivity contribution in [1.82, 2.24) is 14.5 Å². The van der Waals surface area contributed by atoms with Crippen LogP contribution in [0.4, 0.5) is 5.13 Å². The van der Waals surface area contributed by atoms with Gasteiger partial charge in [0.05, 0.1) is 11.7 Å². The third-order valence-corrected chi connectivity index (χ3v) is 5.76. The molecule has 4 rings (SSSR count). The van der Waals surface area contributed by atoms with Crippen LogP contribution in [0.25, 0.3) is 21.3 Å². The summed E-state index contributed by atoms with van der Waals surface area (Å²) in [5.41, 5.74) is 2.91. The van der Waals surface area contributed by atoms with Gasteiger partial charge in [-0.3, -0.25) is 14.2 Å². The van der Waals surface area contributed by atoms with Crippen LogP contribution in [-0.4, -0.2) is 20.4 Å². The van der Waals surface area contributed by atoms with E-state index in [0.29, 0.717) is 15.3 Å². The number of benzene rings is 1. The molecule has 3 aromatic heterocycles. The van der Waals surface area contributed by atoms with Gasteiger partial charge in [0, 0.05) is 35.5 Å². The average molecular weight is 396 g/mol. The van der Waals surface area contributed by atoms with E-state index in [1.165, 1.54) is 39.1 Å². The highest BCUT2D eigenvalue weighted by atomic mass is 32.1. The summed E-state index contributed by atoms with van der Waals surface area (Å²) in [6.07, 6.45) is 3.32. The molecule has 0 saturated heterocycles. The summed E-state index contributed by atoms with van der Waals surface area (Å²) in [6, 6.07) is 8.07. The van der Waals surface area contributed by atoms with Crippen LogP contribution in [0, 0.1) is 6.92 Å². The zero-order chi connectivity index (χ0) is 18.8. The minimum atomic E-state index is -0.180. The van der Waals surface area contributed by atoms with Crippen LogP contribution in [0.5, 0.6) is 0 Å². The molecule has 0 radical (unpaired) electrons. The van der Waals surface area contributed by atoms with E-state index >= 15 is 0 Å². The first-order valence-electron chi connectivity index (χ1n) is 8.35. The number of thiazole rings is 1. The number of nitrogens with one attached hydrogen (secondary N) is 1. The molecule has 0 bridgehead atoms. The number of anilines is 1. The molecule has 0 unspecified atom stereocenters. The van der Waals surface area contributed by atoms with Crippen molar-refractivity contribution >= 4 is 43.9 Å². The minimum Gasteiger partial charge on any atom is -0.302 e. The number of carbonyl (C=O) groups excluding carboxylic acids is 1. The van der Waals surface area contributed by atoms with Crippen LogP contribution in [0.3, 0.4) is 0 Å². The van der Waals surface area contributed by atoms with Gasteiger partial charge in [-0.15, -0.1) is 22.7 Å². The van der Waals surface area contributed by atoms with Crippen molar-refractivity contribution in [2.45, 2.75) is 19.9 Å². The second kappa shape index (κ2) is 7.42. The molecule has 1 aromatic carbocycles. The van der Waals surface area contributed by atoms with Gasteiger partial charge in [0.15, 0.2) is 5.13 Å². The Balaban J connectivity index is 1.60. The summed E-state index contributed by atoms with van der Waals surface area (Å²) >= 11 is 2.81. The van der Waals surface area contributed by atoms with Crippen LogP contribution in [0.1, 0.15) is 12.0 Å². The maximum atomic E-state index is 13.0. The summed E-state index contributed by atoms with van der Waals surface area (Å²) in [5.74, 6) is -0.180. The molecule has 0 aliphatic rings. The fourth-order valence-electron chi connectivity index (χ4n) is 2.76. The van der Waals surface area contributed by atoms with Gasteiger partial charge in [-0.1, -0.05) is 29.8 Å². The Morgan fingerprint density at radius 1 is 1.19 bits per heavy atom. The summed E-state index contributed by atoms with van der Waals surface area (Å²) in [6.45, 7) is 2.29. The number of carbonyl (C=O) groups is 1. The van der Waals surface area contributed by atoms with Crippen LogP contribution in [0.15, 0.2) is 52.3 Å². The van der Waals surface area contributed by atoms with Crippen molar-refractivity contribution in [1.29, 1.82) is 0 Å². The molecule has 0 aliphatic heterocycles. The van der Waals surface area contributed by atoms with E-state index in [1.54, 1.807) is 11.6 Å². The van der Waals surface area contributed by atoms with Crippen molar-refractivity contribution < 1.29 is 4.79 Å². The SMILES string of the molecule is Cc1ccc(-c2csc3ncn(CCC(=O)Nc4nccs4)c(=O)c23)cc1. The second-order valence-corrected chi connectivity index (χ2v) is 7.83. The highest BCUT2D eigenvalue weighted by Gasteiger charge is 2.14. The van der Waals surface area contributed by atoms with Gasteiger partial charge in [0.1, 0.15) is 4.83 Å². The smallest absolute Gasteiger partial charge is 0.262 e. The third kappa shape index (κ3) is 3.67. The van der Waals surface area contributed by atoms with Crippen molar-refractivity contribution in [2.24, 2.45) is 0 Å². The highest BCUT2D eigenvalue weighted by Crippen LogP contribution is 2.30. The topological polar surface area (TPSA) is 76.9 Å². The lowest BCUT2D eigenvalue weighted by molar-refractivity contribution is -0.116. The number of aryl methyl sites for hydroxylation is 2. The summed E-state index contributed by atoms with van der Waals surface area (Å²) < 4.78 is 1.49. The molecule has 1 amide bonds. The van der Waals surface area contributed by atoms with E-state index in [-0.39, 0.29) is 24.4 Å². The predicted molar refractivity (Wildman–Crippen MR) is 109 cm³/mol. The van der Waals surface area contributed by atoms with E-state index in [2.05, 4.69) is 15.3 Å². The Bertz CT molecular complexity index is 1140. The Morgan fingerprint density at radius 2 is 2.00 bits per heavy atom. The number of amides is 1. The Morgan fingerprint density at radius 3 is 2.74 bits per heavy atom. The third-order valence-electron chi connectivity index (χ3n) is 4.18. The molecule has 0 atom stereocenters. The number of hydrogen-bond acceptors (Lipinski definition) is 6. The zero-order valence-electron chi connectivity index (χ0n) is 14.5. The Labute approximate surface area is 163 Å². The zero-order valence-corrected chi connectivity index (χ0v) is 16.1. The van der Waals surface area contributed by atoms with E-state index in [1.807, 2.05) is 36.6 Å². The number of aromatic nitrogens is 3. The fraction of sp³-hybridized carbons (Fsp3) is 0.158. The van der Waals surface area contributed by atoms with Crippen molar-refractivity contribution in [3.8, 4) is 11.1 Å². The number of thiophene rings is 1. The van der Waals surface area contributed by atoms with Crippen LogP contribution in [-0.2, 0) is 11.3 Å². The normalized spacial score (nSPS) is 11.0. The number of hydrogen-bond donors (Lipinski definition) is 1. The molecule has 8 heteroatoms. The quantitative estimate of drug-likeness (QED) is 0.555. The summed E-state index contributed by atoms with van der Waals surface area (Å²) in [7, 11) is 0. The van der Waals surface area contributed by atoms with Crippen molar-refractivity contribution in [3.05, 3.63) is 63.5 Å². The lowest BCUT2D eigenvalue weighted by atomic mass is 10.1.